The van der Waals surface area contributed by atoms with Gasteiger partial charge in [-0.3, -0.25) is 13.9 Å². The molecule has 0 aliphatic heterocycles. The zero-order valence-electron chi connectivity index (χ0n) is 18.3. The average molecular weight is 466 g/mol. The second kappa shape index (κ2) is 10.2. The second-order valence-corrected chi connectivity index (χ2v) is 9.84. The summed E-state index contributed by atoms with van der Waals surface area (Å²) in [5, 5.41) is 3.02. The molecule has 0 aromatic heterocycles. The van der Waals surface area contributed by atoms with Gasteiger partial charge in [0, 0.05) is 18.6 Å². The van der Waals surface area contributed by atoms with Crippen molar-refractivity contribution < 1.29 is 18.0 Å². The molecule has 2 rings (SSSR count). The summed E-state index contributed by atoms with van der Waals surface area (Å²) >= 11 is 6.00. The Labute approximate surface area is 189 Å². The molecule has 1 atom stereocenters. The number of likely N-dealkylation sites (N-methyl/N-ethyl adjacent to an activating group) is 1. The first-order valence-electron chi connectivity index (χ1n) is 9.74. The van der Waals surface area contributed by atoms with Crippen molar-refractivity contribution in [2.45, 2.75) is 33.4 Å². The lowest BCUT2D eigenvalue weighted by Gasteiger charge is -2.31. The number of hydrogen-bond donors (Lipinski definition) is 1. The van der Waals surface area contributed by atoms with E-state index in [2.05, 4.69) is 5.32 Å². The van der Waals surface area contributed by atoms with Crippen LogP contribution in [0, 0.1) is 13.8 Å². The van der Waals surface area contributed by atoms with Crippen LogP contribution in [0.1, 0.15) is 23.6 Å². The molecule has 7 nitrogen and oxygen atoms in total. The molecule has 0 spiro atoms. The molecule has 2 amide bonds. The van der Waals surface area contributed by atoms with Crippen molar-refractivity contribution in [1.82, 2.24) is 10.2 Å². The van der Waals surface area contributed by atoms with Crippen molar-refractivity contribution in [3.05, 3.63) is 64.2 Å². The summed E-state index contributed by atoms with van der Waals surface area (Å²) in [6.07, 6.45) is 1.04. The Bertz CT molecular complexity index is 1070. The van der Waals surface area contributed by atoms with Crippen molar-refractivity contribution in [3.8, 4) is 0 Å². The highest BCUT2D eigenvalue weighted by molar-refractivity contribution is 7.92. The smallest absolute Gasteiger partial charge is 0.244 e. The van der Waals surface area contributed by atoms with Gasteiger partial charge in [0.1, 0.15) is 12.6 Å². The molecule has 0 saturated carbocycles. The monoisotopic (exact) mass is 465 g/mol. The summed E-state index contributed by atoms with van der Waals surface area (Å²) in [5.74, 6) is -0.827. The Kier molecular flexibility index (Phi) is 8.08. The number of carbonyl (C=O) groups excluding carboxylic acids is 2. The Morgan fingerprint density at radius 2 is 1.81 bits per heavy atom. The highest BCUT2D eigenvalue weighted by Gasteiger charge is 2.30. The number of carbonyl (C=O) groups is 2. The minimum atomic E-state index is -3.77. The van der Waals surface area contributed by atoms with Gasteiger partial charge in [0.2, 0.25) is 21.8 Å². The Morgan fingerprint density at radius 3 is 2.35 bits per heavy atom. The SMILES string of the molecule is CNC(=O)[C@@H](C)N(Cc1cccc(C)c1)C(=O)CN(c1ccc(Cl)cc1C)S(C)(=O)=O. The number of amides is 2. The van der Waals surface area contributed by atoms with E-state index in [1.54, 1.807) is 32.0 Å². The highest BCUT2D eigenvalue weighted by Crippen LogP contribution is 2.26. The minimum absolute atomic E-state index is 0.173. The van der Waals surface area contributed by atoms with E-state index in [0.29, 0.717) is 16.3 Å². The molecular weight excluding hydrogens is 438 g/mol. The van der Waals surface area contributed by atoms with Gasteiger partial charge < -0.3 is 10.2 Å². The molecule has 0 fully saturated rings. The van der Waals surface area contributed by atoms with Gasteiger partial charge in [0.15, 0.2) is 0 Å². The third kappa shape index (κ3) is 6.45. The van der Waals surface area contributed by atoms with E-state index in [1.807, 2.05) is 31.2 Å². The second-order valence-electron chi connectivity index (χ2n) is 7.50. The molecule has 0 heterocycles. The zero-order valence-corrected chi connectivity index (χ0v) is 19.9. The van der Waals surface area contributed by atoms with Crippen molar-refractivity contribution in [2.75, 3.05) is 24.2 Å². The van der Waals surface area contributed by atoms with E-state index in [0.717, 1.165) is 21.7 Å². The van der Waals surface area contributed by atoms with Gasteiger partial charge in [0.05, 0.1) is 11.9 Å². The summed E-state index contributed by atoms with van der Waals surface area (Å²) in [6, 6.07) is 11.6. The van der Waals surface area contributed by atoms with Crippen LogP contribution in [0.25, 0.3) is 0 Å². The first kappa shape index (κ1) is 24.7. The number of halogens is 1. The fourth-order valence-corrected chi connectivity index (χ4v) is 4.43. The van der Waals surface area contributed by atoms with Crippen LogP contribution in [0.5, 0.6) is 0 Å². The molecule has 0 bridgehead atoms. The number of rotatable bonds is 8. The van der Waals surface area contributed by atoms with E-state index in [-0.39, 0.29) is 12.5 Å². The third-order valence-electron chi connectivity index (χ3n) is 4.96. The molecule has 168 valence electrons. The Balaban J connectivity index is 2.42. The van der Waals surface area contributed by atoms with Crippen LogP contribution in [-0.2, 0) is 26.2 Å². The van der Waals surface area contributed by atoms with Gasteiger partial charge in [-0.05, 0) is 50.1 Å². The topological polar surface area (TPSA) is 86.8 Å². The quantitative estimate of drug-likeness (QED) is 0.649. The summed E-state index contributed by atoms with van der Waals surface area (Å²) < 4.78 is 26.1. The molecule has 0 aliphatic carbocycles. The number of aryl methyl sites for hydroxylation is 2. The van der Waals surface area contributed by atoms with Gasteiger partial charge in [-0.1, -0.05) is 41.4 Å². The van der Waals surface area contributed by atoms with Crippen molar-refractivity contribution in [2.24, 2.45) is 0 Å². The molecule has 1 N–H and O–H groups in total. The van der Waals surface area contributed by atoms with Crippen LogP contribution in [0.4, 0.5) is 5.69 Å². The number of hydrogen-bond acceptors (Lipinski definition) is 4. The lowest BCUT2D eigenvalue weighted by Crippen LogP contribution is -2.50. The van der Waals surface area contributed by atoms with Gasteiger partial charge >= 0.3 is 0 Å². The number of benzene rings is 2. The molecule has 2 aromatic rings. The maximum Gasteiger partial charge on any atom is 0.244 e. The van der Waals surface area contributed by atoms with E-state index in [4.69, 9.17) is 11.6 Å². The minimum Gasteiger partial charge on any atom is -0.357 e. The third-order valence-corrected chi connectivity index (χ3v) is 6.32. The predicted octanol–water partition coefficient (Wildman–Crippen LogP) is 2.89. The molecule has 0 radical (unpaired) electrons. The number of nitrogens with one attached hydrogen (secondary N) is 1. The zero-order chi connectivity index (χ0) is 23.3. The fraction of sp³-hybridized carbons (Fsp3) is 0.364. The molecule has 0 aliphatic rings. The number of nitrogens with zero attached hydrogens (tertiary/aromatic N) is 2. The predicted molar refractivity (Wildman–Crippen MR) is 124 cm³/mol. The average Bonchev–Trinajstić information content (AvgIpc) is 2.68. The van der Waals surface area contributed by atoms with Gasteiger partial charge in [0.25, 0.3) is 0 Å². The van der Waals surface area contributed by atoms with E-state index in [1.165, 1.54) is 11.9 Å². The van der Waals surface area contributed by atoms with Crippen LogP contribution in [-0.4, -0.2) is 51.0 Å². The standard InChI is InChI=1S/C22H28ClN3O4S/c1-15-7-6-8-18(11-15)13-25(17(3)22(28)24-4)21(27)14-26(31(5,29)30)20-10-9-19(23)12-16(20)2/h6-12,17H,13-14H2,1-5H3,(H,24,28)/t17-/m1/s1. The van der Waals surface area contributed by atoms with Crippen molar-refractivity contribution >= 4 is 39.1 Å². The maximum absolute atomic E-state index is 13.3. The summed E-state index contributed by atoms with van der Waals surface area (Å²) in [4.78, 5) is 27.0. The highest BCUT2D eigenvalue weighted by atomic mass is 35.5. The van der Waals surface area contributed by atoms with Crippen LogP contribution in [0.2, 0.25) is 5.02 Å². The van der Waals surface area contributed by atoms with Gasteiger partial charge in [-0.15, -0.1) is 0 Å². The maximum atomic E-state index is 13.3. The van der Waals surface area contributed by atoms with Crippen LogP contribution in [0.15, 0.2) is 42.5 Å². The molecular formula is C22H28ClN3O4S. The number of sulfonamides is 1. The molecule has 31 heavy (non-hydrogen) atoms. The number of anilines is 1. The Morgan fingerprint density at radius 1 is 1.13 bits per heavy atom. The summed E-state index contributed by atoms with van der Waals surface area (Å²) in [5.41, 5.74) is 2.85. The van der Waals surface area contributed by atoms with Crippen molar-refractivity contribution in [1.29, 1.82) is 0 Å². The van der Waals surface area contributed by atoms with E-state index >= 15 is 0 Å². The summed E-state index contributed by atoms with van der Waals surface area (Å²) in [6.45, 7) is 5.01. The Hall–Kier alpha value is -2.58. The molecule has 0 unspecified atom stereocenters. The molecule has 0 saturated heterocycles. The van der Waals surface area contributed by atoms with Crippen LogP contribution < -0.4 is 9.62 Å². The summed E-state index contributed by atoms with van der Waals surface area (Å²) in [7, 11) is -2.28. The van der Waals surface area contributed by atoms with E-state index in [9.17, 15) is 18.0 Å². The molecule has 2 aromatic carbocycles. The van der Waals surface area contributed by atoms with Gasteiger partial charge in [-0.2, -0.15) is 0 Å². The van der Waals surface area contributed by atoms with Crippen LogP contribution >= 0.6 is 11.6 Å². The van der Waals surface area contributed by atoms with Crippen LogP contribution in [0.3, 0.4) is 0 Å². The first-order valence-corrected chi connectivity index (χ1v) is 12.0. The molecule has 9 heteroatoms. The lowest BCUT2D eigenvalue weighted by atomic mass is 10.1. The normalized spacial score (nSPS) is 12.2. The fourth-order valence-electron chi connectivity index (χ4n) is 3.29. The van der Waals surface area contributed by atoms with E-state index < -0.39 is 28.5 Å². The first-order chi connectivity index (χ1) is 14.4. The van der Waals surface area contributed by atoms with Gasteiger partial charge in [-0.25, -0.2) is 8.42 Å². The largest absolute Gasteiger partial charge is 0.357 e. The lowest BCUT2D eigenvalue weighted by molar-refractivity contribution is -0.139. The van der Waals surface area contributed by atoms with Crippen molar-refractivity contribution in [3.63, 3.8) is 0 Å².